The molecule has 3 nitrogen and oxygen atoms in total. The van der Waals surface area contributed by atoms with Crippen LogP contribution in [0.2, 0.25) is 0 Å². The minimum Gasteiger partial charge on any atom is -0.395 e. The van der Waals surface area contributed by atoms with Crippen molar-refractivity contribution in [1.29, 1.82) is 0 Å². The molecule has 1 aliphatic carbocycles. The van der Waals surface area contributed by atoms with Gasteiger partial charge in [0.2, 0.25) is 0 Å². The molecule has 0 radical (unpaired) electrons. The maximum atomic E-state index is 9.74. The van der Waals surface area contributed by atoms with E-state index in [0.29, 0.717) is 30.0 Å². The lowest BCUT2D eigenvalue weighted by atomic mass is 9.79. The van der Waals surface area contributed by atoms with Gasteiger partial charge in [-0.15, -0.1) is 0 Å². The molecular weight excluding hydrogens is 260 g/mol. The van der Waals surface area contributed by atoms with E-state index in [1.165, 1.54) is 58.0 Å². The van der Waals surface area contributed by atoms with Gasteiger partial charge < -0.3 is 10.4 Å². The van der Waals surface area contributed by atoms with Crippen molar-refractivity contribution < 1.29 is 5.11 Å². The molecule has 1 saturated carbocycles. The summed E-state index contributed by atoms with van der Waals surface area (Å²) in [5, 5.41) is 13.4. The van der Waals surface area contributed by atoms with Gasteiger partial charge in [0.25, 0.3) is 0 Å². The fraction of sp³-hybridized carbons (Fsp3) is 1.00. The maximum Gasteiger partial charge on any atom is 0.0589 e. The highest BCUT2D eigenvalue weighted by Gasteiger charge is 2.38. The second-order valence-corrected chi connectivity index (χ2v) is 7.94. The first kappa shape index (κ1) is 17.2. The summed E-state index contributed by atoms with van der Waals surface area (Å²) in [5.74, 6) is 0.649. The fourth-order valence-corrected chi connectivity index (χ4v) is 4.30. The Labute approximate surface area is 131 Å². The third-order valence-corrected chi connectivity index (χ3v) is 5.77. The monoisotopic (exact) mass is 296 g/mol. The Morgan fingerprint density at radius 1 is 1.19 bits per heavy atom. The van der Waals surface area contributed by atoms with Gasteiger partial charge in [-0.25, -0.2) is 0 Å². The summed E-state index contributed by atoms with van der Waals surface area (Å²) in [6, 6.07) is 0.959. The Morgan fingerprint density at radius 3 is 2.43 bits per heavy atom. The van der Waals surface area contributed by atoms with Crippen LogP contribution in [0.3, 0.4) is 0 Å². The first-order valence-electron chi connectivity index (χ1n) is 9.15. The summed E-state index contributed by atoms with van der Waals surface area (Å²) in [4.78, 5) is 2.60. The molecule has 3 heteroatoms. The fourth-order valence-electron chi connectivity index (χ4n) is 4.30. The average Bonchev–Trinajstić information content (AvgIpc) is 2.65. The predicted octanol–water partition coefficient (Wildman–Crippen LogP) is 3.03. The highest BCUT2D eigenvalue weighted by Crippen LogP contribution is 2.38. The van der Waals surface area contributed by atoms with Crippen LogP contribution in [0.15, 0.2) is 0 Å². The van der Waals surface area contributed by atoms with Crippen molar-refractivity contribution in [2.24, 2.45) is 11.3 Å². The molecule has 0 spiro atoms. The van der Waals surface area contributed by atoms with Crippen LogP contribution in [0, 0.1) is 11.3 Å². The summed E-state index contributed by atoms with van der Waals surface area (Å²) >= 11 is 0. The summed E-state index contributed by atoms with van der Waals surface area (Å²) < 4.78 is 0. The van der Waals surface area contributed by atoms with Crippen LogP contribution in [-0.2, 0) is 0 Å². The molecule has 0 amide bonds. The summed E-state index contributed by atoms with van der Waals surface area (Å²) in [6.07, 6.45) is 9.54. The summed E-state index contributed by atoms with van der Waals surface area (Å²) in [7, 11) is 0. The largest absolute Gasteiger partial charge is 0.395 e. The minimum atomic E-state index is 0.328. The molecule has 2 aliphatic rings. The predicted molar refractivity (Wildman–Crippen MR) is 89.5 cm³/mol. The number of hydrogen-bond donors (Lipinski definition) is 2. The standard InChI is InChI=1S/C18H36N2O/c1-15(2)19-13-18(9-6-4-5-7-10-18)14-20-11-8-16(3)17(20)12-21/h15-17,19,21H,4-14H2,1-3H3. The number of aliphatic hydroxyl groups excluding tert-OH is 1. The van der Waals surface area contributed by atoms with Crippen LogP contribution in [0.4, 0.5) is 0 Å². The van der Waals surface area contributed by atoms with E-state index in [-0.39, 0.29) is 0 Å². The van der Waals surface area contributed by atoms with Gasteiger partial charge in [0.05, 0.1) is 6.61 Å². The molecule has 21 heavy (non-hydrogen) atoms. The molecule has 1 heterocycles. The molecule has 2 rings (SSSR count). The molecule has 1 saturated heterocycles. The van der Waals surface area contributed by atoms with E-state index in [0.717, 1.165) is 6.54 Å². The smallest absolute Gasteiger partial charge is 0.0589 e. The lowest BCUT2D eigenvalue weighted by Gasteiger charge is -2.40. The molecule has 0 bridgehead atoms. The molecule has 0 aromatic rings. The Hall–Kier alpha value is -0.120. The summed E-state index contributed by atoms with van der Waals surface area (Å²) in [5.41, 5.74) is 0.429. The number of rotatable bonds is 6. The maximum absolute atomic E-state index is 9.74. The van der Waals surface area contributed by atoms with Gasteiger partial charge in [0.15, 0.2) is 0 Å². The molecule has 0 aromatic carbocycles. The highest BCUT2D eigenvalue weighted by molar-refractivity contribution is 4.92. The van der Waals surface area contributed by atoms with Crippen molar-refractivity contribution >= 4 is 0 Å². The van der Waals surface area contributed by atoms with Gasteiger partial charge in [0, 0.05) is 25.2 Å². The van der Waals surface area contributed by atoms with Gasteiger partial charge in [-0.2, -0.15) is 0 Å². The normalized spacial score (nSPS) is 30.7. The van der Waals surface area contributed by atoms with Gasteiger partial charge in [-0.3, -0.25) is 4.90 Å². The Balaban J connectivity index is 2.03. The first-order valence-corrected chi connectivity index (χ1v) is 9.15. The zero-order valence-corrected chi connectivity index (χ0v) is 14.4. The molecular formula is C18H36N2O. The van der Waals surface area contributed by atoms with Gasteiger partial charge in [0.1, 0.15) is 0 Å². The molecule has 124 valence electrons. The van der Waals surface area contributed by atoms with Gasteiger partial charge >= 0.3 is 0 Å². The van der Waals surface area contributed by atoms with Crippen LogP contribution in [0.1, 0.15) is 65.7 Å². The van der Waals surface area contributed by atoms with Crippen LogP contribution in [-0.4, -0.2) is 48.3 Å². The van der Waals surface area contributed by atoms with E-state index in [1.807, 2.05) is 0 Å². The summed E-state index contributed by atoms with van der Waals surface area (Å²) in [6.45, 7) is 10.6. The average molecular weight is 296 g/mol. The van der Waals surface area contributed by atoms with Crippen LogP contribution in [0.25, 0.3) is 0 Å². The van der Waals surface area contributed by atoms with Crippen molar-refractivity contribution in [2.75, 3.05) is 26.2 Å². The Kier molecular flexibility index (Phi) is 6.51. The van der Waals surface area contributed by atoms with Crippen molar-refractivity contribution in [1.82, 2.24) is 10.2 Å². The van der Waals surface area contributed by atoms with E-state index in [9.17, 15) is 5.11 Å². The Morgan fingerprint density at radius 2 is 1.86 bits per heavy atom. The van der Waals surface area contributed by atoms with Gasteiger partial charge in [-0.05, 0) is 37.1 Å². The van der Waals surface area contributed by atoms with Crippen molar-refractivity contribution in [3.05, 3.63) is 0 Å². The molecule has 2 fully saturated rings. The van der Waals surface area contributed by atoms with Crippen LogP contribution < -0.4 is 5.32 Å². The zero-order valence-electron chi connectivity index (χ0n) is 14.4. The lowest BCUT2D eigenvalue weighted by molar-refractivity contribution is 0.0777. The number of nitrogens with one attached hydrogen (secondary N) is 1. The van der Waals surface area contributed by atoms with Crippen molar-refractivity contribution in [3.63, 3.8) is 0 Å². The lowest BCUT2D eigenvalue weighted by Crippen LogP contribution is -2.48. The third kappa shape index (κ3) is 4.67. The molecule has 0 aromatic heterocycles. The third-order valence-electron chi connectivity index (χ3n) is 5.77. The molecule has 2 unspecified atom stereocenters. The topological polar surface area (TPSA) is 35.5 Å². The minimum absolute atomic E-state index is 0.328. The Bertz CT molecular complexity index is 298. The van der Waals surface area contributed by atoms with Crippen LogP contribution >= 0.6 is 0 Å². The van der Waals surface area contributed by atoms with Crippen LogP contribution in [0.5, 0.6) is 0 Å². The molecule has 1 aliphatic heterocycles. The molecule has 2 atom stereocenters. The quantitative estimate of drug-likeness (QED) is 0.740. The van der Waals surface area contributed by atoms with E-state index in [2.05, 4.69) is 31.0 Å². The van der Waals surface area contributed by atoms with E-state index < -0.39 is 0 Å². The SMILES string of the molecule is CC(C)NCC1(CN2CCC(C)C2CO)CCCCCC1. The van der Waals surface area contributed by atoms with Crippen molar-refractivity contribution in [3.8, 4) is 0 Å². The second kappa shape index (κ2) is 7.94. The zero-order chi connectivity index (χ0) is 15.3. The second-order valence-electron chi connectivity index (χ2n) is 7.94. The first-order chi connectivity index (χ1) is 10.1. The van der Waals surface area contributed by atoms with E-state index in [4.69, 9.17) is 0 Å². The van der Waals surface area contributed by atoms with Crippen molar-refractivity contribution in [2.45, 2.75) is 77.8 Å². The highest BCUT2D eigenvalue weighted by atomic mass is 16.3. The van der Waals surface area contributed by atoms with E-state index in [1.54, 1.807) is 0 Å². The van der Waals surface area contributed by atoms with E-state index >= 15 is 0 Å². The number of likely N-dealkylation sites (tertiary alicyclic amines) is 1. The number of aliphatic hydroxyl groups is 1. The number of nitrogens with zero attached hydrogens (tertiary/aromatic N) is 1. The van der Waals surface area contributed by atoms with Gasteiger partial charge in [-0.1, -0.05) is 46.5 Å². The molecule has 2 N–H and O–H groups in total. The number of hydrogen-bond acceptors (Lipinski definition) is 3.